The Bertz CT molecular complexity index is 1670. The molecule has 0 radical (unpaired) electrons. The van der Waals surface area contributed by atoms with Crippen molar-refractivity contribution in [2.24, 2.45) is 0 Å². The minimum atomic E-state index is -0.396. The molecule has 6 aromatic rings. The van der Waals surface area contributed by atoms with E-state index in [0.29, 0.717) is 49.6 Å². The molecule has 0 spiro atoms. The number of hydrogen-bond donors (Lipinski definition) is 2. The van der Waals surface area contributed by atoms with Crippen molar-refractivity contribution in [3.8, 4) is 33.2 Å². The van der Waals surface area contributed by atoms with Gasteiger partial charge in [0.05, 0.1) is 26.2 Å². The van der Waals surface area contributed by atoms with E-state index in [2.05, 4.69) is 25.1 Å². The van der Waals surface area contributed by atoms with Crippen molar-refractivity contribution in [3.05, 3.63) is 71.7 Å². The van der Waals surface area contributed by atoms with Crippen LogP contribution in [0.2, 0.25) is 0 Å². The van der Waals surface area contributed by atoms with Crippen LogP contribution >= 0.6 is 11.3 Å². The van der Waals surface area contributed by atoms with Crippen molar-refractivity contribution < 1.29 is 9.18 Å². The van der Waals surface area contributed by atoms with Crippen LogP contribution in [0.3, 0.4) is 0 Å². The predicted octanol–water partition coefficient (Wildman–Crippen LogP) is 5.63. The van der Waals surface area contributed by atoms with Crippen LogP contribution in [-0.2, 0) is 0 Å². The number of rotatable bonds is 4. The molecule has 0 aliphatic heterocycles. The third kappa shape index (κ3) is 3.13. The van der Waals surface area contributed by atoms with Gasteiger partial charge in [-0.3, -0.25) is 19.9 Å². The first kappa shape index (κ1) is 19.4. The topological polar surface area (TPSA) is 100 Å². The average molecular weight is 454 g/mol. The van der Waals surface area contributed by atoms with Gasteiger partial charge in [0.15, 0.2) is 11.6 Å². The van der Waals surface area contributed by atoms with E-state index in [0.717, 1.165) is 10.4 Å². The number of aromatic nitrogens is 6. The molecule has 9 heteroatoms. The molecule has 1 aromatic carbocycles. The number of ketones is 1. The first-order valence-corrected chi connectivity index (χ1v) is 10.9. The molecule has 0 unspecified atom stereocenters. The first-order chi connectivity index (χ1) is 16.1. The molecular weight excluding hydrogens is 439 g/mol. The van der Waals surface area contributed by atoms with Crippen LogP contribution in [0.25, 0.3) is 55.2 Å². The number of nitrogens with zero attached hydrogens (tertiary/aromatic N) is 4. The lowest BCUT2D eigenvalue weighted by molar-refractivity contribution is 0.102. The first-order valence-electron chi connectivity index (χ1n) is 10.1. The number of benzene rings is 1. The van der Waals surface area contributed by atoms with E-state index in [1.165, 1.54) is 18.3 Å². The Hall–Kier alpha value is -4.24. The molecular formula is C24H15FN6OS. The molecule has 0 atom stereocenters. The highest BCUT2D eigenvalue weighted by atomic mass is 32.1. The number of halogens is 1. The predicted molar refractivity (Wildman–Crippen MR) is 125 cm³/mol. The minimum absolute atomic E-state index is 0.00373. The summed E-state index contributed by atoms with van der Waals surface area (Å²) < 4.78 is 15.6. The molecule has 5 heterocycles. The molecule has 5 aromatic heterocycles. The lowest BCUT2D eigenvalue weighted by Gasteiger charge is -2.04. The summed E-state index contributed by atoms with van der Waals surface area (Å²) in [6, 6.07) is 12.5. The summed E-state index contributed by atoms with van der Waals surface area (Å²) in [6.45, 7) is 1.53. The number of nitrogens with one attached hydrogen (secondary N) is 2. The van der Waals surface area contributed by atoms with Gasteiger partial charge in [0.2, 0.25) is 0 Å². The minimum Gasteiger partial charge on any atom is -0.336 e. The Morgan fingerprint density at radius 2 is 1.94 bits per heavy atom. The standard InChI is InChI=1S/C24H15FN6OS/c1-12(32)17-6-7-18(33-17)22-21-16(8-10-27-22)28-24(29-21)23-19-15(30-31-23)5-4-14(20(19)25)13-3-2-9-26-11-13/h2-11H,1H3,(H,28,29)(H,30,31). The number of carbonyl (C=O) groups is 1. The number of pyridine rings is 2. The lowest BCUT2D eigenvalue weighted by atomic mass is 10.0. The number of fused-ring (bicyclic) bond motifs is 2. The van der Waals surface area contributed by atoms with Gasteiger partial charge >= 0.3 is 0 Å². The van der Waals surface area contributed by atoms with E-state index in [1.54, 1.807) is 48.9 Å². The second-order valence-electron chi connectivity index (χ2n) is 7.52. The molecule has 33 heavy (non-hydrogen) atoms. The van der Waals surface area contributed by atoms with Crippen LogP contribution in [0.5, 0.6) is 0 Å². The Labute approximate surface area is 190 Å². The number of imidazole rings is 1. The number of aromatic amines is 2. The highest BCUT2D eigenvalue weighted by molar-refractivity contribution is 7.17. The fourth-order valence-electron chi connectivity index (χ4n) is 3.87. The SMILES string of the molecule is CC(=O)c1ccc(-c2nccc3[nH]c(-c4n[nH]c5ccc(-c6cccnc6)c(F)c45)nc23)s1. The number of Topliss-reactive ketones (excluding diaryl/α,β-unsaturated/α-hetero) is 1. The summed E-state index contributed by atoms with van der Waals surface area (Å²) in [5.74, 6) is 0.0347. The van der Waals surface area contributed by atoms with Crippen LogP contribution in [0.15, 0.2) is 61.1 Å². The number of H-pyrrole nitrogens is 2. The fraction of sp³-hybridized carbons (Fsp3) is 0.0417. The summed E-state index contributed by atoms with van der Waals surface area (Å²) in [5, 5.41) is 7.59. The second-order valence-corrected chi connectivity index (χ2v) is 8.61. The quantitative estimate of drug-likeness (QED) is 0.336. The van der Waals surface area contributed by atoms with Crippen LogP contribution in [0.1, 0.15) is 16.6 Å². The van der Waals surface area contributed by atoms with E-state index in [4.69, 9.17) is 4.98 Å². The lowest BCUT2D eigenvalue weighted by Crippen LogP contribution is -1.89. The highest BCUT2D eigenvalue weighted by Crippen LogP contribution is 2.36. The van der Waals surface area contributed by atoms with Crippen molar-refractivity contribution in [3.63, 3.8) is 0 Å². The molecule has 2 N–H and O–H groups in total. The molecule has 0 amide bonds. The third-order valence-electron chi connectivity index (χ3n) is 5.45. The maximum atomic E-state index is 15.6. The molecule has 0 aliphatic rings. The normalized spacial score (nSPS) is 11.5. The van der Waals surface area contributed by atoms with Crippen molar-refractivity contribution in [1.29, 1.82) is 0 Å². The molecule has 0 saturated heterocycles. The van der Waals surface area contributed by atoms with E-state index >= 15 is 4.39 Å². The molecule has 0 bridgehead atoms. The van der Waals surface area contributed by atoms with Crippen LogP contribution in [0, 0.1) is 5.82 Å². The molecule has 6 rings (SSSR count). The van der Waals surface area contributed by atoms with Crippen LogP contribution < -0.4 is 0 Å². The van der Waals surface area contributed by atoms with E-state index in [1.807, 2.05) is 12.1 Å². The Balaban J connectivity index is 1.52. The second kappa shape index (κ2) is 7.42. The van der Waals surface area contributed by atoms with Gasteiger partial charge in [-0.05, 0) is 43.3 Å². The summed E-state index contributed by atoms with van der Waals surface area (Å²) in [6.07, 6.45) is 4.95. The number of thiophene rings is 1. The number of hydrogen-bond acceptors (Lipinski definition) is 6. The Kier molecular flexibility index (Phi) is 4.37. The van der Waals surface area contributed by atoms with Gasteiger partial charge < -0.3 is 4.98 Å². The van der Waals surface area contributed by atoms with Gasteiger partial charge in [-0.15, -0.1) is 11.3 Å². The van der Waals surface area contributed by atoms with Gasteiger partial charge in [-0.2, -0.15) is 5.10 Å². The summed E-state index contributed by atoms with van der Waals surface area (Å²) in [7, 11) is 0. The number of carbonyl (C=O) groups excluding carboxylic acids is 1. The van der Waals surface area contributed by atoms with Crippen LogP contribution in [-0.4, -0.2) is 35.9 Å². The Morgan fingerprint density at radius 1 is 1.03 bits per heavy atom. The summed E-state index contributed by atoms with van der Waals surface area (Å²) in [5.41, 5.74) is 4.09. The smallest absolute Gasteiger partial charge is 0.169 e. The maximum absolute atomic E-state index is 15.6. The molecule has 0 saturated carbocycles. The van der Waals surface area contributed by atoms with Gasteiger partial charge in [-0.1, -0.05) is 6.07 Å². The van der Waals surface area contributed by atoms with E-state index in [9.17, 15) is 4.79 Å². The van der Waals surface area contributed by atoms with Gasteiger partial charge in [0.1, 0.15) is 22.7 Å². The molecule has 0 aliphatic carbocycles. The Morgan fingerprint density at radius 3 is 2.73 bits per heavy atom. The van der Waals surface area contributed by atoms with Crippen LogP contribution in [0.4, 0.5) is 4.39 Å². The average Bonchev–Trinajstić information content (AvgIpc) is 3.57. The summed E-state index contributed by atoms with van der Waals surface area (Å²) in [4.78, 5) is 29.7. The monoisotopic (exact) mass is 454 g/mol. The third-order valence-corrected chi connectivity index (χ3v) is 6.64. The van der Waals surface area contributed by atoms with E-state index < -0.39 is 5.82 Å². The van der Waals surface area contributed by atoms with Gasteiger partial charge in [0.25, 0.3) is 0 Å². The fourth-order valence-corrected chi connectivity index (χ4v) is 4.77. The van der Waals surface area contributed by atoms with Crippen molar-refractivity contribution in [1.82, 2.24) is 30.1 Å². The molecule has 0 fully saturated rings. The van der Waals surface area contributed by atoms with Crippen molar-refractivity contribution in [2.45, 2.75) is 6.92 Å². The maximum Gasteiger partial charge on any atom is 0.169 e. The van der Waals surface area contributed by atoms with Crippen molar-refractivity contribution >= 4 is 39.1 Å². The van der Waals surface area contributed by atoms with Gasteiger partial charge in [0, 0.05) is 29.7 Å². The zero-order chi connectivity index (χ0) is 22.5. The zero-order valence-corrected chi connectivity index (χ0v) is 18.1. The summed E-state index contributed by atoms with van der Waals surface area (Å²) >= 11 is 1.37. The zero-order valence-electron chi connectivity index (χ0n) is 17.3. The molecule has 160 valence electrons. The van der Waals surface area contributed by atoms with E-state index in [-0.39, 0.29) is 5.78 Å². The highest BCUT2D eigenvalue weighted by Gasteiger charge is 2.21. The largest absolute Gasteiger partial charge is 0.336 e. The van der Waals surface area contributed by atoms with Crippen molar-refractivity contribution in [2.75, 3.05) is 0 Å². The van der Waals surface area contributed by atoms with Gasteiger partial charge in [-0.25, -0.2) is 9.37 Å². The molecule has 7 nitrogen and oxygen atoms in total.